The van der Waals surface area contributed by atoms with Gasteiger partial charge in [0.15, 0.2) is 5.75 Å². The van der Waals surface area contributed by atoms with Crippen LogP contribution in [-0.2, 0) is 0 Å². The molecule has 0 bridgehead atoms. The molecule has 0 atom stereocenters. The summed E-state index contributed by atoms with van der Waals surface area (Å²) < 4.78 is 10.6. The fourth-order valence-electron chi connectivity index (χ4n) is 1.01. The Kier molecular flexibility index (Phi) is 2.27. The third-order valence-electron chi connectivity index (χ3n) is 1.80. The molecule has 1 aliphatic carbocycles. The van der Waals surface area contributed by atoms with Crippen molar-refractivity contribution in [3.63, 3.8) is 0 Å². The summed E-state index contributed by atoms with van der Waals surface area (Å²) in [6.45, 7) is 0. The van der Waals surface area contributed by atoms with Crippen LogP contribution in [0.3, 0.4) is 0 Å². The van der Waals surface area contributed by atoms with E-state index in [0.29, 0.717) is 22.9 Å². The van der Waals surface area contributed by atoms with Crippen LogP contribution in [0.4, 0.5) is 0 Å². The minimum absolute atomic E-state index is 0.344. The Hall–Kier alpha value is -0.960. The monoisotopic (exact) mass is 199 g/mol. The zero-order valence-electron chi connectivity index (χ0n) is 7.29. The largest absolute Gasteiger partial charge is 0.485 e. The zero-order valence-corrected chi connectivity index (χ0v) is 8.04. The van der Waals surface area contributed by atoms with E-state index in [-0.39, 0.29) is 0 Å². The van der Waals surface area contributed by atoms with Gasteiger partial charge in [-0.15, -0.1) is 0 Å². The molecule has 0 N–H and O–H groups in total. The van der Waals surface area contributed by atoms with Crippen LogP contribution in [0.2, 0.25) is 5.15 Å². The molecule has 70 valence electrons. The molecule has 1 fully saturated rings. The lowest BCUT2D eigenvalue weighted by molar-refractivity contribution is 0.277. The van der Waals surface area contributed by atoms with E-state index < -0.39 is 0 Å². The van der Waals surface area contributed by atoms with Crippen molar-refractivity contribution in [1.29, 1.82) is 0 Å². The van der Waals surface area contributed by atoms with Gasteiger partial charge in [0.05, 0.1) is 13.2 Å². The minimum Gasteiger partial charge on any atom is -0.485 e. The summed E-state index contributed by atoms with van der Waals surface area (Å²) in [5, 5.41) is 0.417. The summed E-state index contributed by atoms with van der Waals surface area (Å²) in [7, 11) is 1.55. The second-order valence-corrected chi connectivity index (χ2v) is 3.35. The molecule has 0 unspecified atom stereocenters. The van der Waals surface area contributed by atoms with E-state index in [4.69, 9.17) is 21.1 Å². The molecule has 4 heteroatoms. The topological polar surface area (TPSA) is 31.4 Å². The van der Waals surface area contributed by atoms with Gasteiger partial charge in [0.2, 0.25) is 0 Å². The van der Waals surface area contributed by atoms with Crippen LogP contribution >= 0.6 is 11.6 Å². The van der Waals surface area contributed by atoms with Gasteiger partial charge < -0.3 is 9.47 Å². The van der Waals surface area contributed by atoms with Gasteiger partial charge in [-0.1, -0.05) is 11.6 Å². The molecule has 1 aromatic heterocycles. The Labute approximate surface area is 81.6 Å². The maximum Gasteiger partial charge on any atom is 0.258 e. The number of nitrogens with zero attached hydrogens (tertiary/aromatic N) is 1. The van der Waals surface area contributed by atoms with Crippen molar-refractivity contribution < 1.29 is 9.47 Å². The molecule has 0 amide bonds. The molecule has 0 aromatic carbocycles. The first-order valence-electron chi connectivity index (χ1n) is 4.17. The molecule has 0 aliphatic heterocycles. The van der Waals surface area contributed by atoms with E-state index in [9.17, 15) is 0 Å². The third kappa shape index (κ3) is 2.04. The van der Waals surface area contributed by atoms with Crippen molar-refractivity contribution in [1.82, 2.24) is 4.98 Å². The van der Waals surface area contributed by atoms with E-state index in [2.05, 4.69) is 4.98 Å². The van der Waals surface area contributed by atoms with Crippen LogP contribution in [0, 0.1) is 0 Å². The maximum absolute atomic E-state index is 5.70. The van der Waals surface area contributed by atoms with Gasteiger partial charge in [-0.3, -0.25) is 0 Å². The maximum atomic E-state index is 5.70. The standard InChI is InChI=1S/C9H10ClNO2/c1-12-9-7(13-6-2-3-6)4-5-8(10)11-9/h4-6H,2-3H2,1H3. The van der Waals surface area contributed by atoms with E-state index >= 15 is 0 Å². The second kappa shape index (κ2) is 3.42. The first-order valence-corrected chi connectivity index (χ1v) is 4.54. The van der Waals surface area contributed by atoms with Gasteiger partial charge in [-0.05, 0) is 25.0 Å². The number of halogens is 1. The van der Waals surface area contributed by atoms with Crippen LogP contribution in [0.1, 0.15) is 12.8 Å². The lowest BCUT2D eigenvalue weighted by atomic mass is 10.4. The molecule has 1 aliphatic rings. The van der Waals surface area contributed by atoms with Crippen LogP contribution in [-0.4, -0.2) is 18.2 Å². The second-order valence-electron chi connectivity index (χ2n) is 2.96. The molecule has 0 spiro atoms. The number of aromatic nitrogens is 1. The Bertz CT molecular complexity index is 312. The summed E-state index contributed by atoms with van der Waals surface area (Å²) >= 11 is 5.70. The fraction of sp³-hybridized carbons (Fsp3) is 0.444. The molecular weight excluding hydrogens is 190 g/mol. The summed E-state index contributed by atoms with van der Waals surface area (Å²) in [5.41, 5.74) is 0. The van der Waals surface area contributed by atoms with Crippen LogP contribution in [0.5, 0.6) is 11.6 Å². The fourth-order valence-corrected chi connectivity index (χ4v) is 1.15. The van der Waals surface area contributed by atoms with Gasteiger partial charge in [-0.2, -0.15) is 4.98 Å². The number of pyridine rings is 1. The lowest BCUT2D eigenvalue weighted by Gasteiger charge is -2.08. The Balaban J connectivity index is 2.21. The molecular formula is C9H10ClNO2. The van der Waals surface area contributed by atoms with Crippen molar-refractivity contribution >= 4 is 11.6 Å². The molecule has 1 saturated carbocycles. The van der Waals surface area contributed by atoms with Gasteiger partial charge in [0.25, 0.3) is 5.88 Å². The quantitative estimate of drug-likeness (QED) is 0.700. The lowest BCUT2D eigenvalue weighted by Crippen LogP contribution is -1.99. The Morgan fingerprint density at radius 1 is 1.46 bits per heavy atom. The van der Waals surface area contributed by atoms with E-state index in [0.717, 1.165) is 12.8 Å². The van der Waals surface area contributed by atoms with Crippen LogP contribution < -0.4 is 9.47 Å². The summed E-state index contributed by atoms with van der Waals surface area (Å²) in [6.07, 6.45) is 2.58. The van der Waals surface area contributed by atoms with Gasteiger partial charge in [-0.25, -0.2) is 0 Å². The average molecular weight is 200 g/mol. The van der Waals surface area contributed by atoms with Crippen LogP contribution in [0.15, 0.2) is 12.1 Å². The first kappa shape index (κ1) is 8.63. The van der Waals surface area contributed by atoms with Gasteiger partial charge in [0, 0.05) is 0 Å². The molecule has 3 nitrogen and oxygen atoms in total. The Morgan fingerprint density at radius 2 is 2.23 bits per heavy atom. The predicted molar refractivity (Wildman–Crippen MR) is 49.4 cm³/mol. The van der Waals surface area contributed by atoms with Crippen molar-refractivity contribution in [3.8, 4) is 11.6 Å². The molecule has 13 heavy (non-hydrogen) atoms. The number of methoxy groups -OCH3 is 1. The van der Waals surface area contributed by atoms with E-state index in [1.165, 1.54) is 0 Å². The number of hydrogen-bond acceptors (Lipinski definition) is 3. The van der Waals surface area contributed by atoms with E-state index in [1.54, 1.807) is 19.2 Å². The van der Waals surface area contributed by atoms with Gasteiger partial charge in [0.1, 0.15) is 5.15 Å². The zero-order chi connectivity index (χ0) is 9.26. The molecule has 0 radical (unpaired) electrons. The van der Waals surface area contributed by atoms with Crippen molar-refractivity contribution in [2.45, 2.75) is 18.9 Å². The molecule has 1 heterocycles. The highest BCUT2D eigenvalue weighted by Gasteiger charge is 2.25. The summed E-state index contributed by atoms with van der Waals surface area (Å²) in [6, 6.07) is 3.48. The first-order chi connectivity index (χ1) is 6.29. The molecule has 1 aromatic rings. The van der Waals surface area contributed by atoms with Crippen molar-refractivity contribution in [2.24, 2.45) is 0 Å². The third-order valence-corrected chi connectivity index (χ3v) is 2.01. The highest BCUT2D eigenvalue weighted by atomic mass is 35.5. The Morgan fingerprint density at radius 3 is 2.85 bits per heavy atom. The van der Waals surface area contributed by atoms with Crippen LogP contribution in [0.25, 0.3) is 0 Å². The highest BCUT2D eigenvalue weighted by Crippen LogP contribution is 2.32. The number of rotatable bonds is 3. The van der Waals surface area contributed by atoms with E-state index in [1.807, 2.05) is 0 Å². The number of hydrogen-bond donors (Lipinski definition) is 0. The molecule has 2 rings (SSSR count). The minimum atomic E-state index is 0.344. The normalized spacial score (nSPS) is 15.5. The van der Waals surface area contributed by atoms with Crippen molar-refractivity contribution in [2.75, 3.05) is 7.11 Å². The summed E-state index contributed by atoms with van der Waals surface area (Å²) in [4.78, 5) is 3.99. The smallest absolute Gasteiger partial charge is 0.258 e. The number of ether oxygens (including phenoxy) is 2. The predicted octanol–water partition coefficient (Wildman–Crippen LogP) is 2.28. The average Bonchev–Trinajstić information content (AvgIpc) is 2.92. The SMILES string of the molecule is COc1nc(Cl)ccc1OC1CC1. The van der Waals surface area contributed by atoms with Gasteiger partial charge >= 0.3 is 0 Å². The van der Waals surface area contributed by atoms with Crippen molar-refractivity contribution in [3.05, 3.63) is 17.3 Å². The summed E-state index contributed by atoms with van der Waals surface area (Å²) in [5.74, 6) is 1.13. The molecule has 0 saturated heterocycles. The highest BCUT2D eigenvalue weighted by molar-refractivity contribution is 6.29.